The molecule has 2 aromatic rings. The number of amides is 2. The van der Waals surface area contributed by atoms with Crippen LogP contribution >= 0.6 is 0 Å². The molecule has 4 N–H and O–H groups in total. The van der Waals surface area contributed by atoms with E-state index in [0.29, 0.717) is 16.9 Å². The van der Waals surface area contributed by atoms with E-state index < -0.39 is 39.0 Å². The number of hydrogen-bond acceptors (Lipinski definition) is 7. The lowest BCUT2D eigenvalue weighted by Gasteiger charge is -2.43. The molecule has 2 amide bonds. The SMILES string of the molecule is CC1(C)CC(=O)N(C2CCS(=O)(=O)c3ccc(C(=O)N[C@@H]4c5ccccc5OC[C@]4(C)O)cc32)C(=N)N1. The van der Waals surface area contributed by atoms with Crippen molar-refractivity contribution in [1.29, 1.82) is 5.41 Å². The van der Waals surface area contributed by atoms with E-state index in [4.69, 9.17) is 10.1 Å². The highest BCUT2D eigenvalue weighted by Gasteiger charge is 2.44. The number of fused-ring (bicyclic) bond motifs is 2. The Kier molecular flexibility index (Phi) is 5.83. The minimum atomic E-state index is -3.62. The molecule has 5 rings (SSSR count). The zero-order valence-electron chi connectivity index (χ0n) is 20.9. The minimum absolute atomic E-state index is 0.0119. The van der Waals surface area contributed by atoms with Crippen LogP contribution < -0.4 is 15.4 Å². The largest absolute Gasteiger partial charge is 0.490 e. The van der Waals surface area contributed by atoms with Crippen molar-refractivity contribution in [1.82, 2.24) is 15.5 Å². The van der Waals surface area contributed by atoms with Gasteiger partial charge in [-0.1, -0.05) is 18.2 Å². The van der Waals surface area contributed by atoms with Crippen molar-refractivity contribution in [3.63, 3.8) is 0 Å². The quantitative estimate of drug-likeness (QED) is 0.478. The summed E-state index contributed by atoms with van der Waals surface area (Å²) in [5.41, 5.74) is -0.848. The Labute approximate surface area is 215 Å². The van der Waals surface area contributed by atoms with Gasteiger partial charge in [0.1, 0.15) is 18.0 Å². The van der Waals surface area contributed by atoms with Crippen molar-refractivity contribution in [2.45, 2.75) is 61.7 Å². The first-order valence-electron chi connectivity index (χ1n) is 12.1. The molecule has 0 aromatic heterocycles. The molecular formula is C26H30N4O6S. The Morgan fingerprint density at radius 2 is 1.92 bits per heavy atom. The monoisotopic (exact) mass is 526 g/mol. The lowest BCUT2D eigenvalue weighted by atomic mass is 9.87. The summed E-state index contributed by atoms with van der Waals surface area (Å²) >= 11 is 0. The van der Waals surface area contributed by atoms with E-state index in [1.807, 2.05) is 13.8 Å². The first-order valence-corrected chi connectivity index (χ1v) is 13.7. The van der Waals surface area contributed by atoms with Gasteiger partial charge in [0, 0.05) is 23.1 Å². The zero-order chi connectivity index (χ0) is 26.8. The molecule has 0 saturated carbocycles. The van der Waals surface area contributed by atoms with Crippen molar-refractivity contribution in [2.24, 2.45) is 0 Å². The molecule has 3 aliphatic rings. The first kappa shape index (κ1) is 25.2. The number of nitrogens with one attached hydrogen (secondary N) is 3. The van der Waals surface area contributed by atoms with Crippen molar-refractivity contribution < 1.29 is 27.9 Å². The summed E-state index contributed by atoms with van der Waals surface area (Å²) < 4.78 is 31.4. The molecule has 0 spiro atoms. The fourth-order valence-corrected chi connectivity index (χ4v) is 6.90. The van der Waals surface area contributed by atoms with Gasteiger partial charge in [-0.2, -0.15) is 0 Å². The second kappa shape index (κ2) is 8.56. The number of aliphatic hydroxyl groups is 1. The van der Waals surface area contributed by atoms with Gasteiger partial charge in [0.05, 0.1) is 22.7 Å². The van der Waals surface area contributed by atoms with Crippen LogP contribution in [-0.4, -0.2) is 59.7 Å². The molecule has 3 aliphatic heterocycles. The van der Waals surface area contributed by atoms with E-state index >= 15 is 0 Å². The maximum Gasteiger partial charge on any atom is 0.251 e. The maximum atomic E-state index is 13.4. The first-order chi connectivity index (χ1) is 17.3. The summed E-state index contributed by atoms with van der Waals surface area (Å²) in [4.78, 5) is 27.8. The van der Waals surface area contributed by atoms with Gasteiger partial charge in [-0.05, 0) is 57.0 Å². The number of para-hydroxylation sites is 1. The summed E-state index contributed by atoms with van der Waals surface area (Å²) in [6.45, 7) is 5.21. The predicted molar refractivity (Wildman–Crippen MR) is 135 cm³/mol. The van der Waals surface area contributed by atoms with Gasteiger partial charge in [0.25, 0.3) is 5.91 Å². The molecule has 3 atom stereocenters. The van der Waals surface area contributed by atoms with Crippen molar-refractivity contribution >= 4 is 27.6 Å². The Morgan fingerprint density at radius 1 is 1.19 bits per heavy atom. The zero-order valence-corrected chi connectivity index (χ0v) is 21.7. The molecule has 196 valence electrons. The molecule has 11 heteroatoms. The van der Waals surface area contributed by atoms with Crippen molar-refractivity contribution in [3.8, 4) is 5.75 Å². The fourth-order valence-electron chi connectivity index (χ4n) is 5.32. The minimum Gasteiger partial charge on any atom is -0.490 e. The molecular weight excluding hydrogens is 496 g/mol. The van der Waals surface area contributed by atoms with Gasteiger partial charge in [0.15, 0.2) is 15.8 Å². The lowest BCUT2D eigenvalue weighted by molar-refractivity contribution is -0.132. The van der Waals surface area contributed by atoms with E-state index in [9.17, 15) is 23.1 Å². The number of carbonyl (C=O) groups excluding carboxylic acids is 2. The summed E-state index contributed by atoms with van der Waals surface area (Å²) in [7, 11) is -3.62. The molecule has 3 heterocycles. The summed E-state index contributed by atoms with van der Waals surface area (Å²) in [6.07, 6.45) is 0.255. The van der Waals surface area contributed by atoms with Gasteiger partial charge in [0.2, 0.25) is 5.91 Å². The van der Waals surface area contributed by atoms with Gasteiger partial charge in [-0.3, -0.25) is 19.9 Å². The second-order valence-corrected chi connectivity index (χ2v) is 12.8. The number of hydrogen-bond donors (Lipinski definition) is 4. The average molecular weight is 527 g/mol. The smallest absolute Gasteiger partial charge is 0.251 e. The number of benzene rings is 2. The molecule has 10 nitrogen and oxygen atoms in total. The number of nitrogens with zero attached hydrogens (tertiary/aromatic N) is 1. The Balaban J connectivity index is 1.50. The highest BCUT2D eigenvalue weighted by Crippen LogP contribution is 2.40. The number of sulfone groups is 1. The molecule has 1 unspecified atom stereocenters. The molecule has 37 heavy (non-hydrogen) atoms. The van der Waals surface area contributed by atoms with E-state index in [1.165, 1.54) is 23.1 Å². The van der Waals surface area contributed by atoms with Crippen LogP contribution in [0.3, 0.4) is 0 Å². The predicted octanol–water partition coefficient (Wildman–Crippen LogP) is 2.05. The van der Waals surface area contributed by atoms with Crippen molar-refractivity contribution in [3.05, 3.63) is 59.2 Å². The third kappa shape index (κ3) is 4.46. The summed E-state index contributed by atoms with van der Waals surface area (Å²) in [6, 6.07) is 9.95. The summed E-state index contributed by atoms with van der Waals surface area (Å²) in [5, 5.41) is 25.3. The van der Waals surface area contributed by atoms with Gasteiger partial charge >= 0.3 is 0 Å². The second-order valence-electron chi connectivity index (χ2n) is 10.8. The van der Waals surface area contributed by atoms with E-state index in [2.05, 4.69) is 10.6 Å². The van der Waals surface area contributed by atoms with Crippen LogP contribution in [-0.2, 0) is 14.6 Å². The van der Waals surface area contributed by atoms with E-state index in [1.54, 1.807) is 31.2 Å². The van der Waals surface area contributed by atoms with Crippen molar-refractivity contribution in [2.75, 3.05) is 12.4 Å². The summed E-state index contributed by atoms with van der Waals surface area (Å²) in [5.74, 6) is -0.493. The Bertz CT molecular complexity index is 1400. The van der Waals surface area contributed by atoms with E-state index in [-0.39, 0.29) is 47.5 Å². The number of carbonyl (C=O) groups is 2. The third-order valence-electron chi connectivity index (χ3n) is 7.14. The molecule has 0 radical (unpaired) electrons. The number of rotatable bonds is 3. The normalized spacial score (nSPS) is 27.8. The van der Waals surface area contributed by atoms with Crippen LogP contribution in [0, 0.1) is 5.41 Å². The van der Waals surface area contributed by atoms with Gasteiger partial charge in [-0.15, -0.1) is 0 Å². The molecule has 2 aromatic carbocycles. The van der Waals surface area contributed by atoms with Gasteiger partial charge in [-0.25, -0.2) is 8.42 Å². The highest BCUT2D eigenvalue weighted by molar-refractivity contribution is 7.91. The maximum absolute atomic E-state index is 13.4. The fraction of sp³-hybridized carbons (Fsp3) is 0.423. The Morgan fingerprint density at radius 3 is 2.65 bits per heavy atom. The lowest BCUT2D eigenvalue weighted by Crippen LogP contribution is -2.60. The Hall–Kier alpha value is -3.44. The number of guanidine groups is 1. The van der Waals surface area contributed by atoms with Crippen LogP contribution in [0.4, 0.5) is 0 Å². The molecule has 1 saturated heterocycles. The molecule has 0 bridgehead atoms. The molecule has 0 aliphatic carbocycles. The number of ether oxygens (including phenoxy) is 1. The van der Waals surface area contributed by atoms with Crippen LogP contribution in [0.5, 0.6) is 5.75 Å². The topological polar surface area (TPSA) is 149 Å². The van der Waals surface area contributed by atoms with Crippen LogP contribution in [0.1, 0.15) is 67.2 Å². The van der Waals surface area contributed by atoms with Crippen LogP contribution in [0.25, 0.3) is 0 Å². The van der Waals surface area contributed by atoms with E-state index in [0.717, 1.165) is 0 Å². The average Bonchev–Trinajstić information content (AvgIpc) is 2.81. The standard InChI is InChI=1S/C26H30N4O6S/c1-25(2)13-21(31)30(24(27)29-25)18-10-11-37(34,35)20-9-8-15(12-17(18)20)23(32)28-22-16-6-4-5-7-19(16)36-14-26(22,3)33/h4-9,12,18,22,33H,10-11,13-14H2,1-3H3,(H2,27,29)(H,28,32)/t18?,22-,26+/m1/s1. The van der Waals surface area contributed by atoms with Crippen LogP contribution in [0.2, 0.25) is 0 Å². The third-order valence-corrected chi connectivity index (χ3v) is 8.96. The molecule has 1 fully saturated rings. The highest BCUT2D eigenvalue weighted by atomic mass is 32.2. The van der Waals surface area contributed by atoms with Crippen LogP contribution in [0.15, 0.2) is 47.4 Å². The van der Waals surface area contributed by atoms with Gasteiger partial charge < -0.3 is 20.5 Å².